The molecule has 21 heavy (non-hydrogen) atoms. The number of carbonyl (C=O) groups is 1. The van der Waals surface area contributed by atoms with E-state index in [-0.39, 0.29) is 23.9 Å². The Bertz CT molecular complexity index is 676. The highest BCUT2D eigenvalue weighted by atomic mass is 32.2. The Morgan fingerprint density at radius 1 is 1.48 bits per heavy atom. The molecule has 1 amide bonds. The quantitative estimate of drug-likeness (QED) is 0.908. The molecule has 0 bridgehead atoms. The zero-order valence-electron chi connectivity index (χ0n) is 12.4. The molecule has 1 aromatic rings. The molecule has 2 heterocycles. The molecule has 2 unspecified atom stereocenters. The Labute approximate surface area is 129 Å². The summed E-state index contributed by atoms with van der Waals surface area (Å²) in [6.45, 7) is 3.84. The second-order valence-corrected chi connectivity index (χ2v) is 9.74. The number of carbonyl (C=O) groups excluding carboxylic acids is 1. The van der Waals surface area contributed by atoms with Crippen LogP contribution in [0.3, 0.4) is 0 Å². The molecule has 1 N–H and O–H groups in total. The van der Waals surface area contributed by atoms with Crippen LogP contribution in [0.2, 0.25) is 0 Å². The number of aryl methyl sites for hydroxylation is 1. The van der Waals surface area contributed by atoms with Gasteiger partial charge in [0.15, 0.2) is 0 Å². The third kappa shape index (κ3) is 2.74. The third-order valence-electron chi connectivity index (χ3n) is 4.13. The lowest BCUT2D eigenvalue weighted by Gasteiger charge is -2.29. The molecule has 3 rings (SSSR count). The third-order valence-corrected chi connectivity index (χ3v) is 6.28. The van der Waals surface area contributed by atoms with E-state index in [2.05, 4.69) is 5.32 Å². The van der Waals surface area contributed by atoms with Crippen LogP contribution < -0.4 is 5.32 Å². The molecule has 2 fully saturated rings. The van der Waals surface area contributed by atoms with E-state index in [1.165, 1.54) is 11.1 Å². The van der Waals surface area contributed by atoms with Crippen molar-refractivity contribution < 1.29 is 13.2 Å². The molecule has 7 heteroatoms. The van der Waals surface area contributed by atoms with Crippen molar-refractivity contribution in [3.8, 4) is 0 Å². The molecule has 2 aliphatic rings. The normalized spacial score (nSPS) is 25.6. The Hall–Kier alpha value is -0.920. The van der Waals surface area contributed by atoms with Crippen molar-refractivity contribution in [3.05, 3.63) is 21.9 Å². The van der Waals surface area contributed by atoms with Gasteiger partial charge in [-0.05, 0) is 38.8 Å². The van der Waals surface area contributed by atoms with Crippen LogP contribution in [0.1, 0.15) is 35.7 Å². The highest BCUT2D eigenvalue weighted by Gasteiger charge is 2.60. The molecule has 1 saturated carbocycles. The summed E-state index contributed by atoms with van der Waals surface area (Å²) in [6.07, 6.45) is 2.70. The summed E-state index contributed by atoms with van der Waals surface area (Å²) in [5.74, 6) is 0.0480. The lowest BCUT2D eigenvalue weighted by Crippen LogP contribution is -2.42. The van der Waals surface area contributed by atoms with Gasteiger partial charge in [0.25, 0.3) is 0 Å². The number of rotatable bonds is 4. The first-order valence-electron chi connectivity index (χ1n) is 7.06. The van der Waals surface area contributed by atoms with Crippen LogP contribution in [0.5, 0.6) is 0 Å². The molecule has 1 saturated heterocycles. The molecule has 2 atom stereocenters. The summed E-state index contributed by atoms with van der Waals surface area (Å²) in [5, 5.41) is 3.43. The van der Waals surface area contributed by atoms with E-state index >= 15 is 0 Å². The van der Waals surface area contributed by atoms with Gasteiger partial charge in [-0.15, -0.1) is 11.3 Å². The molecule has 0 aromatic carbocycles. The van der Waals surface area contributed by atoms with Gasteiger partial charge in [0.1, 0.15) is 21.5 Å². The lowest BCUT2D eigenvalue weighted by atomic mass is 10.2. The summed E-state index contributed by atoms with van der Waals surface area (Å²) in [4.78, 5) is 16.7. The first kappa shape index (κ1) is 15.0. The number of nitrogens with one attached hydrogen (secondary N) is 1. The zero-order valence-corrected chi connectivity index (χ0v) is 14.1. The van der Waals surface area contributed by atoms with Gasteiger partial charge in [-0.25, -0.2) is 8.42 Å². The van der Waals surface area contributed by atoms with Crippen LogP contribution >= 0.6 is 11.3 Å². The maximum atomic E-state index is 12.7. The number of hydrogen-bond acceptors (Lipinski definition) is 5. The second-order valence-electron chi connectivity index (χ2n) is 6.23. The van der Waals surface area contributed by atoms with Crippen molar-refractivity contribution in [1.82, 2.24) is 10.2 Å². The van der Waals surface area contributed by atoms with E-state index in [1.54, 1.807) is 16.2 Å². The Kier molecular flexibility index (Phi) is 3.42. The van der Waals surface area contributed by atoms with E-state index in [4.69, 9.17) is 0 Å². The number of thiophene rings is 1. The van der Waals surface area contributed by atoms with Gasteiger partial charge in [-0.2, -0.15) is 0 Å². The van der Waals surface area contributed by atoms with E-state index in [9.17, 15) is 13.2 Å². The fraction of sp³-hybridized carbons (Fsp3) is 0.643. The van der Waals surface area contributed by atoms with Crippen LogP contribution in [0, 0.1) is 6.92 Å². The highest BCUT2D eigenvalue weighted by molar-refractivity contribution is 7.90. The number of nitrogens with zero attached hydrogens (tertiary/aromatic N) is 1. The maximum Gasteiger partial charge on any atom is 0.244 e. The minimum Gasteiger partial charge on any atom is -0.317 e. The van der Waals surface area contributed by atoms with Gasteiger partial charge in [-0.3, -0.25) is 10.1 Å². The molecule has 1 aliphatic carbocycles. The fourth-order valence-corrected chi connectivity index (χ4v) is 4.99. The summed E-state index contributed by atoms with van der Waals surface area (Å²) in [5.41, 5.74) is -0.436. The Morgan fingerprint density at radius 3 is 2.62 bits per heavy atom. The Balaban J connectivity index is 1.92. The molecule has 1 aliphatic heterocycles. The average molecular weight is 328 g/mol. The maximum absolute atomic E-state index is 12.7. The summed E-state index contributed by atoms with van der Waals surface area (Å²) < 4.78 is 23.1. The summed E-state index contributed by atoms with van der Waals surface area (Å²) in [7, 11) is -3.12. The van der Waals surface area contributed by atoms with E-state index in [0.29, 0.717) is 0 Å². The van der Waals surface area contributed by atoms with Crippen molar-refractivity contribution >= 4 is 27.1 Å². The van der Waals surface area contributed by atoms with Crippen LogP contribution in [0.25, 0.3) is 0 Å². The minimum atomic E-state index is -3.12. The van der Waals surface area contributed by atoms with Crippen molar-refractivity contribution in [3.63, 3.8) is 0 Å². The Morgan fingerprint density at radius 2 is 2.14 bits per heavy atom. The molecule has 1 aromatic heterocycles. The predicted octanol–water partition coefficient (Wildman–Crippen LogP) is 1.45. The SMILES string of the molecule is Cc1ccc(C2NC3(CC3)C(=O)N2C(C)CS(C)(=O)=O)s1. The van der Waals surface area contributed by atoms with Gasteiger partial charge in [-0.1, -0.05) is 0 Å². The predicted molar refractivity (Wildman–Crippen MR) is 82.9 cm³/mol. The largest absolute Gasteiger partial charge is 0.317 e. The van der Waals surface area contributed by atoms with Gasteiger partial charge in [0.05, 0.1) is 5.75 Å². The van der Waals surface area contributed by atoms with E-state index in [0.717, 1.165) is 17.7 Å². The van der Waals surface area contributed by atoms with Crippen LogP contribution in [-0.2, 0) is 14.6 Å². The van der Waals surface area contributed by atoms with Crippen molar-refractivity contribution in [2.24, 2.45) is 0 Å². The summed E-state index contributed by atoms with van der Waals surface area (Å²) in [6, 6.07) is 3.73. The van der Waals surface area contributed by atoms with Gasteiger partial charge in [0.2, 0.25) is 5.91 Å². The van der Waals surface area contributed by atoms with Crippen LogP contribution in [-0.4, -0.2) is 42.8 Å². The lowest BCUT2D eigenvalue weighted by molar-refractivity contribution is -0.132. The van der Waals surface area contributed by atoms with Crippen molar-refractivity contribution in [2.45, 2.75) is 44.4 Å². The number of sulfone groups is 1. The minimum absolute atomic E-state index is 0.00262. The molecular weight excluding hydrogens is 308 g/mol. The highest BCUT2D eigenvalue weighted by Crippen LogP contribution is 2.47. The van der Waals surface area contributed by atoms with Crippen LogP contribution in [0.15, 0.2) is 12.1 Å². The monoisotopic (exact) mass is 328 g/mol. The number of amides is 1. The van der Waals surface area contributed by atoms with Crippen molar-refractivity contribution in [2.75, 3.05) is 12.0 Å². The van der Waals surface area contributed by atoms with Gasteiger partial charge >= 0.3 is 0 Å². The van der Waals surface area contributed by atoms with Crippen LogP contribution in [0.4, 0.5) is 0 Å². The molecule has 0 radical (unpaired) electrons. The summed E-state index contributed by atoms with van der Waals surface area (Å²) >= 11 is 1.65. The standard InChI is InChI=1S/C14H20N2O3S2/c1-9(8-21(3,18)19)16-12(11-5-4-10(2)20-11)15-14(6-7-14)13(16)17/h4-5,9,12,15H,6-8H2,1-3H3. The molecular formula is C14H20N2O3S2. The molecule has 116 valence electrons. The fourth-order valence-electron chi connectivity index (χ4n) is 3.02. The molecule has 1 spiro atoms. The topological polar surface area (TPSA) is 66.5 Å². The smallest absolute Gasteiger partial charge is 0.244 e. The first-order chi connectivity index (χ1) is 9.72. The van der Waals surface area contributed by atoms with Gasteiger partial charge < -0.3 is 4.90 Å². The molecule has 5 nitrogen and oxygen atoms in total. The zero-order chi connectivity index (χ0) is 15.4. The van der Waals surface area contributed by atoms with Gasteiger partial charge in [0, 0.05) is 22.1 Å². The van der Waals surface area contributed by atoms with E-state index in [1.807, 2.05) is 26.0 Å². The second kappa shape index (κ2) is 4.79. The van der Waals surface area contributed by atoms with Crippen molar-refractivity contribution in [1.29, 1.82) is 0 Å². The first-order valence-corrected chi connectivity index (χ1v) is 9.94. The van der Waals surface area contributed by atoms with E-state index < -0.39 is 15.4 Å². The average Bonchev–Trinajstić information content (AvgIpc) is 2.90. The number of hydrogen-bond donors (Lipinski definition) is 1.